The largest absolute Gasteiger partial charge is 0.492 e. The Balaban J connectivity index is 1.56. The zero-order chi connectivity index (χ0) is 20.4. The number of hydrogen-bond donors (Lipinski definition) is 2. The van der Waals surface area contributed by atoms with Gasteiger partial charge in [-0.15, -0.1) is 0 Å². The lowest BCUT2D eigenvalue weighted by Crippen LogP contribution is -2.58. The zero-order valence-corrected chi connectivity index (χ0v) is 18.3. The van der Waals surface area contributed by atoms with Crippen molar-refractivity contribution in [2.24, 2.45) is 4.99 Å². The molecule has 6 nitrogen and oxygen atoms in total. The van der Waals surface area contributed by atoms with Gasteiger partial charge < -0.3 is 20.3 Å². The first-order valence-corrected chi connectivity index (χ1v) is 11.4. The summed E-state index contributed by atoms with van der Waals surface area (Å²) in [7, 11) is 2.24. The molecule has 0 spiro atoms. The van der Waals surface area contributed by atoms with E-state index in [9.17, 15) is 0 Å². The van der Waals surface area contributed by atoms with Crippen LogP contribution < -0.4 is 15.4 Å². The Morgan fingerprint density at radius 2 is 1.76 bits per heavy atom. The Labute approximate surface area is 176 Å². The standard InChI is InChI=1S/C23H39N5O/c1-3-24-22(25-14-19-29-21-10-6-4-7-11-21)26-20-23(12-17-27(2)18-13-23)28-15-8-5-9-16-28/h4,6-7,10-11H,3,5,8-9,12-20H2,1-2H3,(H2,24,25,26). The highest BCUT2D eigenvalue weighted by molar-refractivity contribution is 5.79. The minimum Gasteiger partial charge on any atom is -0.492 e. The van der Waals surface area contributed by atoms with Gasteiger partial charge >= 0.3 is 0 Å². The highest BCUT2D eigenvalue weighted by Crippen LogP contribution is 2.31. The smallest absolute Gasteiger partial charge is 0.191 e. The molecule has 0 atom stereocenters. The molecule has 2 aliphatic heterocycles. The molecule has 2 heterocycles. The van der Waals surface area contributed by atoms with Gasteiger partial charge in [-0.2, -0.15) is 0 Å². The Morgan fingerprint density at radius 1 is 1.03 bits per heavy atom. The van der Waals surface area contributed by atoms with Crippen molar-refractivity contribution in [2.45, 2.75) is 44.6 Å². The van der Waals surface area contributed by atoms with E-state index in [1.54, 1.807) is 0 Å². The van der Waals surface area contributed by atoms with Crippen molar-refractivity contribution in [3.05, 3.63) is 30.3 Å². The molecule has 162 valence electrons. The van der Waals surface area contributed by atoms with Gasteiger partial charge in [0.25, 0.3) is 0 Å². The summed E-state index contributed by atoms with van der Waals surface area (Å²) in [5.74, 6) is 1.81. The van der Waals surface area contributed by atoms with Crippen molar-refractivity contribution in [1.29, 1.82) is 0 Å². The first-order chi connectivity index (χ1) is 14.2. The van der Waals surface area contributed by atoms with Crippen LogP contribution in [-0.4, -0.2) is 80.8 Å². The van der Waals surface area contributed by atoms with Gasteiger partial charge in [-0.05, 0) is 78.0 Å². The number of para-hydroxylation sites is 1. The number of aliphatic imine (C=N–C) groups is 1. The van der Waals surface area contributed by atoms with Crippen LogP contribution in [0.5, 0.6) is 5.75 Å². The molecule has 2 saturated heterocycles. The fourth-order valence-electron chi connectivity index (χ4n) is 4.40. The van der Waals surface area contributed by atoms with Crippen molar-refractivity contribution in [3.63, 3.8) is 0 Å². The molecule has 0 radical (unpaired) electrons. The molecule has 6 heteroatoms. The van der Waals surface area contributed by atoms with Gasteiger partial charge in [0, 0.05) is 12.1 Å². The molecular weight excluding hydrogens is 362 g/mol. The van der Waals surface area contributed by atoms with Gasteiger partial charge in [-0.3, -0.25) is 9.89 Å². The number of piperidine rings is 2. The van der Waals surface area contributed by atoms with E-state index in [0.717, 1.165) is 31.3 Å². The molecule has 1 aromatic rings. The summed E-state index contributed by atoms with van der Waals surface area (Å²) in [6.07, 6.45) is 6.46. The van der Waals surface area contributed by atoms with Gasteiger partial charge in [0.2, 0.25) is 0 Å². The number of ether oxygens (including phenoxy) is 1. The molecule has 1 aromatic carbocycles. The monoisotopic (exact) mass is 401 g/mol. The summed E-state index contributed by atoms with van der Waals surface area (Å²) in [4.78, 5) is 10.2. The van der Waals surface area contributed by atoms with E-state index in [4.69, 9.17) is 9.73 Å². The molecule has 0 saturated carbocycles. The summed E-state index contributed by atoms with van der Waals surface area (Å²) in [6.45, 7) is 10.0. The van der Waals surface area contributed by atoms with Gasteiger partial charge in [-0.25, -0.2) is 0 Å². The number of hydrogen-bond acceptors (Lipinski definition) is 4. The van der Waals surface area contributed by atoms with Crippen LogP contribution in [-0.2, 0) is 0 Å². The molecule has 29 heavy (non-hydrogen) atoms. The molecule has 0 unspecified atom stereocenters. The summed E-state index contributed by atoms with van der Waals surface area (Å²) < 4.78 is 5.80. The number of nitrogens with zero attached hydrogens (tertiary/aromatic N) is 3. The molecule has 3 rings (SSSR count). The van der Waals surface area contributed by atoms with Crippen molar-refractivity contribution in [2.75, 3.05) is 59.5 Å². The van der Waals surface area contributed by atoms with Crippen LogP contribution in [0, 0.1) is 0 Å². The second kappa shape index (κ2) is 11.4. The maximum atomic E-state index is 5.80. The number of benzene rings is 1. The van der Waals surface area contributed by atoms with E-state index >= 15 is 0 Å². The highest BCUT2D eigenvalue weighted by Gasteiger charge is 2.39. The third-order valence-electron chi connectivity index (χ3n) is 6.23. The third kappa shape index (κ3) is 6.61. The lowest BCUT2D eigenvalue weighted by Gasteiger charge is -2.49. The van der Waals surface area contributed by atoms with E-state index in [1.807, 2.05) is 30.3 Å². The van der Waals surface area contributed by atoms with Crippen LogP contribution in [0.4, 0.5) is 0 Å². The molecule has 0 amide bonds. The van der Waals surface area contributed by atoms with Crippen LogP contribution in [0.1, 0.15) is 39.0 Å². The van der Waals surface area contributed by atoms with Crippen LogP contribution in [0.2, 0.25) is 0 Å². The fourth-order valence-corrected chi connectivity index (χ4v) is 4.40. The van der Waals surface area contributed by atoms with Crippen LogP contribution in [0.15, 0.2) is 35.3 Å². The summed E-state index contributed by atoms with van der Waals surface area (Å²) >= 11 is 0. The van der Waals surface area contributed by atoms with E-state index < -0.39 is 0 Å². The quantitative estimate of drug-likeness (QED) is 0.398. The minimum atomic E-state index is 0.218. The van der Waals surface area contributed by atoms with Crippen molar-refractivity contribution in [3.8, 4) is 5.75 Å². The number of nitrogens with one attached hydrogen (secondary N) is 2. The van der Waals surface area contributed by atoms with Gasteiger partial charge in [0.05, 0.1) is 13.1 Å². The van der Waals surface area contributed by atoms with Crippen molar-refractivity contribution >= 4 is 5.96 Å². The second-order valence-electron chi connectivity index (χ2n) is 8.36. The Morgan fingerprint density at radius 3 is 2.45 bits per heavy atom. The number of guanidine groups is 1. The summed E-state index contributed by atoms with van der Waals surface area (Å²) in [5, 5.41) is 6.85. The topological polar surface area (TPSA) is 52.1 Å². The third-order valence-corrected chi connectivity index (χ3v) is 6.23. The molecular formula is C23H39N5O. The van der Waals surface area contributed by atoms with Gasteiger partial charge in [0.15, 0.2) is 5.96 Å². The van der Waals surface area contributed by atoms with E-state index in [1.165, 1.54) is 58.3 Å². The molecule has 2 aliphatic rings. The average Bonchev–Trinajstić information content (AvgIpc) is 2.77. The van der Waals surface area contributed by atoms with Crippen LogP contribution in [0.3, 0.4) is 0 Å². The van der Waals surface area contributed by atoms with Gasteiger partial charge in [-0.1, -0.05) is 24.6 Å². The number of likely N-dealkylation sites (tertiary alicyclic amines) is 2. The molecule has 2 fully saturated rings. The average molecular weight is 402 g/mol. The van der Waals surface area contributed by atoms with Crippen LogP contribution >= 0.6 is 0 Å². The lowest BCUT2D eigenvalue weighted by atomic mass is 9.84. The van der Waals surface area contributed by atoms with Crippen molar-refractivity contribution in [1.82, 2.24) is 20.4 Å². The summed E-state index contributed by atoms with van der Waals surface area (Å²) in [6, 6.07) is 9.97. The number of rotatable bonds is 8. The molecule has 0 aliphatic carbocycles. The Kier molecular flexibility index (Phi) is 8.62. The van der Waals surface area contributed by atoms with Crippen molar-refractivity contribution < 1.29 is 4.74 Å². The van der Waals surface area contributed by atoms with Crippen LogP contribution in [0.25, 0.3) is 0 Å². The predicted octanol–water partition coefficient (Wildman–Crippen LogP) is 2.57. The fraction of sp³-hybridized carbons (Fsp3) is 0.696. The molecule has 2 N–H and O–H groups in total. The second-order valence-corrected chi connectivity index (χ2v) is 8.36. The normalized spacial score (nSPS) is 21.0. The highest BCUT2D eigenvalue weighted by atomic mass is 16.5. The van der Waals surface area contributed by atoms with E-state index in [-0.39, 0.29) is 5.54 Å². The first-order valence-electron chi connectivity index (χ1n) is 11.4. The molecule has 0 aromatic heterocycles. The lowest BCUT2D eigenvalue weighted by molar-refractivity contribution is 0.0208. The van der Waals surface area contributed by atoms with E-state index in [0.29, 0.717) is 6.61 Å². The maximum Gasteiger partial charge on any atom is 0.191 e. The minimum absolute atomic E-state index is 0.218. The van der Waals surface area contributed by atoms with E-state index in [2.05, 4.69) is 34.4 Å². The molecule has 0 bridgehead atoms. The predicted molar refractivity (Wildman–Crippen MR) is 121 cm³/mol. The van der Waals surface area contributed by atoms with Gasteiger partial charge in [0.1, 0.15) is 12.4 Å². The zero-order valence-electron chi connectivity index (χ0n) is 18.3. The summed E-state index contributed by atoms with van der Waals surface area (Å²) in [5.41, 5.74) is 0.218. The maximum absolute atomic E-state index is 5.80. The first kappa shape index (κ1) is 21.9. The Bertz CT molecular complexity index is 607. The SMILES string of the molecule is CCNC(=NCC1(N2CCCCC2)CCN(C)CC1)NCCOc1ccccc1. The Hall–Kier alpha value is -1.79.